The molecule has 0 spiro atoms. The summed E-state index contributed by atoms with van der Waals surface area (Å²) < 4.78 is 1.28. The van der Waals surface area contributed by atoms with E-state index in [0.29, 0.717) is 0 Å². The predicted octanol–water partition coefficient (Wildman–Crippen LogP) is 3.64. The minimum atomic E-state index is 0. The number of likely N-dealkylation sites (N-methyl/N-ethyl adjacent to an activating group) is 1. The van der Waals surface area contributed by atoms with Gasteiger partial charge in [-0.15, -0.1) is 0 Å². The Kier molecular flexibility index (Phi) is 20.2. The molecule has 1 atom stereocenters. The van der Waals surface area contributed by atoms with E-state index >= 15 is 0 Å². The van der Waals surface area contributed by atoms with E-state index in [2.05, 4.69) is 38.0 Å². The van der Waals surface area contributed by atoms with E-state index in [4.69, 9.17) is 0 Å². The lowest BCUT2D eigenvalue weighted by atomic mass is 10.0. The molecule has 0 aromatic carbocycles. The van der Waals surface area contributed by atoms with Crippen LogP contribution in [0.4, 0.5) is 0 Å². The molecule has 28 heavy (non-hydrogen) atoms. The SMILES string of the molecule is CCCCCCCCCCCCCCCCSCC(C)[N+]1(C)CCNCC1.[Br-]. The zero-order valence-corrected chi connectivity index (χ0v) is 21.9. The van der Waals surface area contributed by atoms with Crippen molar-refractivity contribution in [3.8, 4) is 0 Å². The van der Waals surface area contributed by atoms with E-state index in [9.17, 15) is 0 Å². The topological polar surface area (TPSA) is 12.0 Å². The first-order valence-corrected chi connectivity index (χ1v) is 13.5. The largest absolute Gasteiger partial charge is 1.00 e. The van der Waals surface area contributed by atoms with Crippen LogP contribution in [0.1, 0.15) is 104 Å². The fraction of sp³-hybridized carbons (Fsp3) is 1.00. The van der Waals surface area contributed by atoms with Crippen molar-refractivity contribution in [1.82, 2.24) is 5.32 Å². The normalized spacial score (nSPS) is 17.2. The minimum absolute atomic E-state index is 0. The summed E-state index contributed by atoms with van der Waals surface area (Å²) in [4.78, 5) is 0. The van der Waals surface area contributed by atoms with Crippen LogP contribution >= 0.6 is 11.8 Å². The van der Waals surface area contributed by atoms with Crippen LogP contribution in [-0.2, 0) is 0 Å². The molecule has 0 aromatic rings. The monoisotopic (exact) mass is 478 g/mol. The van der Waals surface area contributed by atoms with Crippen molar-refractivity contribution >= 4 is 11.8 Å². The summed E-state index contributed by atoms with van der Waals surface area (Å²) in [6.07, 6.45) is 20.4. The van der Waals surface area contributed by atoms with Gasteiger partial charge in [0.25, 0.3) is 0 Å². The molecule has 2 nitrogen and oxygen atoms in total. The Morgan fingerprint density at radius 1 is 0.750 bits per heavy atom. The summed E-state index contributed by atoms with van der Waals surface area (Å²) in [7, 11) is 2.46. The quantitative estimate of drug-likeness (QED) is 0.238. The molecule has 1 aliphatic rings. The lowest BCUT2D eigenvalue weighted by Crippen LogP contribution is -3.00. The maximum atomic E-state index is 3.50. The second-order valence-electron chi connectivity index (χ2n) is 9.20. The van der Waals surface area contributed by atoms with Gasteiger partial charge in [0, 0.05) is 18.8 Å². The summed E-state index contributed by atoms with van der Waals surface area (Å²) >= 11 is 2.20. The predicted molar refractivity (Wildman–Crippen MR) is 126 cm³/mol. The van der Waals surface area contributed by atoms with E-state index in [1.807, 2.05) is 0 Å². The third-order valence-corrected chi connectivity index (χ3v) is 7.96. The van der Waals surface area contributed by atoms with E-state index in [1.54, 1.807) is 0 Å². The van der Waals surface area contributed by atoms with Crippen molar-refractivity contribution in [2.75, 3.05) is 44.7 Å². The van der Waals surface area contributed by atoms with Crippen LogP contribution in [0.2, 0.25) is 0 Å². The summed E-state index contributed by atoms with van der Waals surface area (Å²) in [5, 5.41) is 3.50. The van der Waals surface area contributed by atoms with Gasteiger partial charge in [-0.25, -0.2) is 0 Å². The molecule has 0 radical (unpaired) electrons. The van der Waals surface area contributed by atoms with E-state index in [-0.39, 0.29) is 17.0 Å². The lowest BCUT2D eigenvalue weighted by molar-refractivity contribution is -0.930. The standard InChI is InChI=1S/C24H51N2S.BrH/c1-4-5-6-7-8-9-10-11-12-13-14-15-16-17-22-27-23-24(2)26(3)20-18-25-19-21-26;/h24-25H,4-23H2,1-3H3;1H/q+1;/p-1. The van der Waals surface area contributed by atoms with Crippen molar-refractivity contribution in [2.24, 2.45) is 0 Å². The molecule has 1 saturated heterocycles. The van der Waals surface area contributed by atoms with Crippen LogP contribution in [0.15, 0.2) is 0 Å². The van der Waals surface area contributed by atoms with E-state index in [1.165, 1.54) is 132 Å². The number of unbranched alkanes of at least 4 members (excludes halogenated alkanes) is 13. The first-order chi connectivity index (χ1) is 13.2. The van der Waals surface area contributed by atoms with Crippen LogP contribution in [0, 0.1) is 0 Å². The summed E-state index contributed by atoms with van der Waals surface area (Å²) in [5.41, 5.74) is 0. The molecule has 0 aliphatic carbocycles. The molecule has 0 saturated carbocycles. The van der Waals surface area contributed by atoms with Gasteiger partial charge >= 0.3 is 0 Å². The average molecular weight is 480 g/mol. The van der Waals surface area contributed by atoms with Gasteiger partial charge in [-0.2, -0.15) is 11.8 Å². The number of halogens is 1. The smallest absolute Gasteiger partial charge is 0.0952 e. The summed E-state index contributed by atoms with van der Waals surface area (Å²) in [5.74, 6) is 2.72. The van der Waals surface area contributed by atoms with Crippen molar-refractivity contribution in [3.63, 3.8) is 0 Å². The number of rotatable bonds is 18. The molecule has 1 rings (SSSR count). The van der Waals surface area contributed by atoms with Gasteiger partial charge in [0.05, 0.1) is 26.2 Å². The molecule has 1 aliphatic heterocycles. The Balaban J connectivity index is 0.00000729. The molecule has 1 fully saturated rings. The highest BCUT2D eigenvalue weighted by Gasteiger charge is 2.30. The average Bonchev–Trinajstić information content (AvgIpc) is 2.68. The van der Waals surface area contributed by atoms with Gasteiger partial charge in [-0.1, -0.05) is 90.4 Å². The zero-order valence-electron chi connectivity index (χ0n) is 19.5. The summed E-state index contributed by atoms with van der Waals surface area (Å²) in [6, 6.07) is 0.809. The third kappa shape index (κ3) is 14.7. The number of hydrogen-bond donors (Lipinski definition) is 1. The maximum Gasteiger partial charge on any atom is 0.0952 e. The van der Waals surface area contributed by atoms with E-state index in [0.717, 1.165) is 6.04 Å². The Labute approximate surface area is 192 Å². The molecule has 170 valence electrons. The van der Waals surface area contributed by atoms with Crippen molar-refractivity contribution in [1.29, 1.82) is 0 Å². The number of nitrogens with one attached hydrogen (secondary N) is 1. The lowest BCUT2D eigenvalue weighted by Gasteiger charge is -2.43. The van der Waals surface area contributed by atoms with Gasteiger partial charge in [-0.3, -0.25) is 0 Å². The van der Waals surface area contributed by atoms with Crippen molar-refractivity contribution < 1.29 is 21.5 Å². The highest BCUT2D eigenvalue weighted by atomic mass is 79.9. The molecule has 1 unspecified atom stereocenters. The Bertz CT molecular complexity index is 322. The molecular weight excluding hydrogens is 428 g/mol. The van der Waals surface area contributed by atoms with Gasteiger partial charge in [0.1, 0.15) is 0 Å². The maximum absolute atomic E-state index is 3.50. The number of hydrogen-bond acceptors (Lipinski definition) is 2. The van der Waals surface area contributed by atoms with Crippen LogP contribution in [0.3, 0.4) is 0 Å². The molecule has 4 heteroatoms. The first kappa shape index (κ1) is 28.8. The Morgan fingerprint density at radius 3 is 1.64 bits per heavy atom. The fourth-order valence-electron chi connectivity index (χ4n) is 4.18. The highest BCUT2D eigenvalue weighted by molar-refractivity contribution is 7.99. The Hall–Kier alpha value is 0.750. The molecule has 0 bridgehead atoms. The molecular formula is C24H51BrN2S. The van der Waals surface area contributed by atoms with E-state index < -0.39 is 0 Å². The fourth-order valence-corrected chi connectivity index (χ4v) is 5.45. The zero-order chi connectivity index (χ0) is 19.6. The first-order valence-electron chi connectivity index (χ1n) is 12.3. The third-order valence-electron chi connectivity index (χ3n) is 6.66. The van der Waals surface area contributed by atoms with Crippen molar-refractivity contribution in [2.45, 2.75) is 110 Å². The molecule has 1 heterocycles. The number of quaternary nitrogens is 1. The molecule has 0 amide bonds. The number of piperazine rings is 1. The molecule has 1 N–H and O–H groups in total. The van der Waals surface area contributed by atoms with Crippen LogP contribution < -0.4 is 22.3 Å². The van der Waals surface area contributed by atoms with Crippen LogP contribution in [0.25, 0.3) is 0 Å². The summed E-state index contributed by atoms with van der Waals surface area (Å²) in [6.45, 7) is 9.77. The van der Waals surface area contributed by atoms with Crippen molar-refractivity contribution in [3.05, 3.63) is 0 Å². The second-order valence-corrected chi connectivity index (χ2v) is 10.3. The molecule has 0 aromatic heterocycles. The van der Waals surface area contributed by atoms with Gasteiger partial charge in [0.15, 0.2) is 0 Å². The highest BCUT2D eigenvalue weighted by Crippen LogP contribution is 2.18. The van der Waals surface area contributed by atoms with Gasteiger partial charge in [0.2, 0.25) is 0 Å². The van der Waals surface area contributed by atoms with Crippen LogP contribution in [-0.4, -0.2) is 55.3 Å². The number of thioether (sulfide) groups is 1. The van der Waals surface area contributed by atoms with Gasteiger partial charge in [-0.05, 0) is 19.1 Å². The second kappa shape index (κ2) is 19.7. The number of nitrogens with zero attached hydrogens (tertiary/aromatic N) is 1. The van der Waals surface area contributed by atoms with Crippen LogP contribution in [0.5, 0.6) is 0 Å². The Morgan fingerprint density at radius 2 is 1.18 bits per heavy atom. The minimum Gasteiger partial charge on any atom is -1.00 e. The van der Waals surface area contributed by atoms with Gasteiger partial charge < -0.3 is 26.8 Å².